The molecule has 118 valence electrons. The number of nitro groups is 1. The lowest BCUT2D eigenvalue weighted by atomic mass is 10.1. The van der Waals surface area contributed by atoms with Crippen molar-refractivity contribution in [3.05, 3.63) is 81.5 Å². The van der Waals surface area contributed by atoms with Crippen molar-refractivity contribution < 1.29 is 9.72 Å². The first-order valence-electron chi connectivity index (χ1n) is 6.97. The number of nitro benzene ring substituents is 1. The van der Waals surface area contributed by atoms with Gasteiger partial charge in [-0.25, -0.2) is 4.98 Å². The molecule has 0 amide bonds. The van der Waals surface area contributed by atoms with Crippen molar-refractivity contribution in [2.24, 2.45) is 0 Å². The lowest BCUT2D eigenvalue weighted by molar-refractivity contribution is -0.384. The highest BCUT2D eigenvalue weighted by Gasteiger charge is 2.08. The number of hydrogen-bond donors (Lipinski definition) is 0. The second-order valence-corrected chi connectivity index (χ2v) is 5.65. The van der Waals surface area contributed by atoms with E-state index in [1.165, 1.54) is 41.7 Å². The van der Waals surface area contributed by atoms with Gasteiger partial charge in [-0.1, -0.05) is 6.07 Å². The molecule has 7 heteroatoms. The molecule has 0 aliphatic rings. The van der Waals surface area contributed by atoms with Crippen molar-refractivity contribution >= 4 is 28.9 Å². The number of allylic oxidation sites excluding steroid dienone is 1. The highest BCUT2D eigenvalue weighted by atomic mass is 32.1. The number of benzene rings is 1. The van der Waals surface area contributed by atoms with Crippen molar-refractivity contribution in [2.45, 2.75) is 0 Å². The van der Waals surface area contributed by atoms with E-state index in [0.717, 1.165) is 10.7 Å². The van der Waals surface area contributed by atoms with E-state index in [2.05, 4.69) is 9.97 Å². The van der Waals surface area contributed by atoms with E-state index in [4.69, 9.17) is 0 Å². The van der Waals surface area contributed by atoms with Crippen LogP contribution in [-0.2, 0) is 0 Å². The summed E-state index contributed by atoms with van der Waals surface area (Å²) in [5.74, 6) is -0.239. The van der Waals surface area contributed by atoms with Gasteiger partial charge in [0.25, 0.3) is 5.69 Å². The maximum absolute atomic E-state index is 12.1. The molecule has 1 aromatic carbocycles. The van der Waals surface area contributed by atoms with Crippen LogP contribution in [-0.4, -0.2) is 20.7 Å². The lowest BCUT2D eigenvalue weighted by Crippen LogP contribution is -1.95. The fourth-order valence-electron chi connectivity index (χ4n) is 1.97. The predicted octanol–water partition coefficient (Wildman–Crippen LogP) is 4.01. The van der Waals surface area contributed by atoms with E-state index >= 15 is 0 Å². The van der Waals surface area contributed by atoms with Gasteiger partial charge in [0, 0.05) is 29.3 Å². The fraction of sp³-hybridized carbons (Fsp3) is 0. The molecule has 0 aliphatic heterocycles. The Morgan fingerprint density at radius 2 is 1.96 bits per heavy atom. The minimum Gasteiger partial charge on any atom is -0.289 e. The molecule has 2 heterocycles. The Morgan fingerprint density at radius 1 is 1.17 bits per heavy atom. The summed E-state index contributed by atoms with van der Waals surface area (Å²) < 4.78 is 0. The first-order valence-corrected chi connectivity index (χ1v) is 7.85. The van der Waals surface area contributed by atoms with Crippen LogP contribution in [0.1, 0.15) is 16.1 Å². The standard InChI is InChI=1S/C17H11N3O3S/c21-16(12-4-7-14(8-5-12)20(22)23)9-6-13-11-24-17(19-13)15-3-1-2-10-18-15/h1-11H/b9-6+. The van der Waals surface area contributed by atoms with E-state index < -0.39 is 4.92 Å². The summed E-state index contributed by atoms with van der Waals surface area (Å²) in [5.41, 5.74) is 1.78. The number of pyridine rings is 1. The summed E-state index contributed by atoms with van der Waals surface area (Å²) in [5, 5.41) is 13.2. The summed E-state index contributed by atoms with van der Waals surface area (Å²) in [4.78, 5) is 30.8. The number of carbonyl (C=O) groups is 1. The molecule has 0 atom stereocenters. The van der Waals surface area contributed by atoms with Gasteiger partial charge in [-0.3, -0.25) is 19.9 Å². The monoisotopic (exact) mass is 337 g/mol. The zero-order chi connectivity index (χ0) is 16.9. The van der Waals surface area contributed by atoms with E-state index in [-0.39, 0.29) is 11.5 Å². The van der Waals surface area contributed by atoms with Gasteiger partial charge in [-0.2, -0.15) is 0 Å². The van der Waals surface area contributed by atoms with Gasteiger partial charge in [-0.05, 0) is 36.4 Å². The molecule has 3 rings (SSSR count). The molecule has 24 heavy (non-hydrogen) atoms. The van der Waals surface area contributed by atoms with Gasteiger partial charge >= 0.3 is 0 Å². The Balaban J connectivity index is 1.72. The van der Waals surface area contributed by atoms with Gasteiger partial charge < -0.3 is 0 Å². The Hall–Kier alpha value is -3.19. The minimum absolute atomic E-state index is 0.0463. The molecule has 0 radical (unpaired) electrons. The van der Waals surface area contributed by atoms with Crippen molar-refractivity contribution in [2.75, 3.05) is 0 Å². The lowest BCUT2D eigenvalue weighted by Gasteiger charge is -1.95. The highest BCUT2D eigenvalue weighted by Crippen LogP contribution is 2.22. The molecule has 0 bridgehead atoms. The zero-order valence-corrected chi connectivity index (χ0v) is 13.1. The summed E-state index contributed by atoms with van der Waals surface area (Å²) in [6.07, 6.45) is 4.72. The number of carbonyl (C=O) groups excluding carboxylic acids is 1. The number of nitrogens with zero attached hydrogens (tertiary/aromatic N) is 3. The molecule has 0 saturated heterocycles. The van der Waals surface area contributed by atoms with Crippen molar-refractivity contribution in [3.8, 4) is 10.7 Å². The molecule has 0 aliphatic carbocycles. The highest BCUT2D eigenvalue weighted by molar-refractivity contribution is 7.13. The van der Waals surface area contributed by atoms with Crippen LogP contribution in [0.25, 0.3) is 16.8 Å². The van der Waals surface area contributed by atoms with Crippen LogP contribution in [0.5, 0.6) is 0 Å². The number of rotatable bonds is 5. The van der Waals surface area contributed by atoms with Gasteiger partial charge in [-0.15, -0.1) is 11.3 Å². The Bertz CT molecular complexity index is 902. The van der Waals surface area contributed by atoms with E-state index in [9.17, 15) is 14.9 Å². The van der Waals surface area contributed by atoms with Crippen LogP contribution in [0.2, 0.25) is 0 Å². The molecule has 0 saturated carbocycles. The fourth-order valence-corrected chi connectivity index (χ4v) is 2.74. The van der Waals surface area contributed by atoms with E-state index in [1.54, 1.807) is 12.3 Å². The minimum atomic E-state index is -0.501. The van der Waals surface area contributed by atoms with Gasteiger partial charge in [0.2, 0.25) is 0 Å². The maximum Gasteiger partial charge on any atom is 0.269 e. The number of thiazole rings is 1. The summed E-state index contributed by atoms with van der Waals surface area (Å²) in [6, 6.07) is 11.1. The SMILES string of the molecule is O=C(/C=C/c1csc(-c2ccccn2)n1)c1ccc([N+](=O)[O-])cc1. The summed E-state index contributed by atoms with van der Waals surface area (Å²) in [7, 11) is 0. The number of aromatic nitrogens is 2. The first kappa shape index (κ1) is 15.7. The van der Waals surface area contributed by atoms with Crippen molar-refractivity contribution in [1.82, 2.24) is 9.97 Å². The van der Waals surface area contributed by atoms with Gasteiger partial charge in [0.05, 0.1) is 16.3 Å². The third kappa shape index (κ3) is 3.58. The average molecular weight is 337 g/mol. The average Bonchev–Trinajstić information content (AvgIpc) is 3.09. The zero-order valence-electron chi connectivity index (χ0n) is 12.3. The Morgan fingerprint density at radius 3 is 2.62 bits per heavy atom. The normalized spacial score (nSPS) is 10.8. The van der Waals surface area contributed by atoms with Crippen LogP contribution in [0.3, 0.4) is 0 Å². The summed E-state index contributed by atoms with van der Waals surface area (Å²) in [6.45, 7) is 0. The molecule has 0 N–H and O–H groups in total. The Labute approximate surface area is 141 Å². The second kappa shape index (κ2) is 6.93. The van der Waals surface area contributed by atoms with Gasteiger partial charge in [0.15, 0.2) is 5.78 Å². The van der Waals surface area contributed by atoms with Crippen molar-refractivity contribution in [1.29, 1.82) is 0 Å². The third-order valence-electron chi connectivity index (χ3n) is 3.17. The van der Waals surface area contributed by atoms with Crippen LogP contribution < -0.4 is 0 Å². The van der Waals surface area contributed by atoms with Crippen LogP contribution in [0, 0.1) is 10.1 Å². The topological polar surface area (TPSA) is 86.0 Å². The predicted molar refractivity (Wildman–Crippen MR) is 91.8 cm³/mol. The molecular weight excluding hydrogens is 326 g/mol. The van der Waals surface area contributed by atoms with Crippen LogP contribution >= 0.6 is 11.3 Å². The molecule has 0 fully saturated rings. The smallest absolute Gasteiger partial charge is 0.269 e. The van der Waals surface area contributed by atoms with Crippen LogP contribution in [0.4, 0.5) is 5.69 Å². The quantitative estimate of drug-likeness (QED) is 0.304. The second-order valence-electron chi connectivity index (χ2n) is 4.79. The number of non-ortho nitro benzene ring substituents is 1. The summed E-state index contributed by atoms with van der Waals surface area (Å²) >= 11 is 1.44. The van der Waals surface area contributed by atoms with Crippen LogP contribution in [0.15, 0.2) is 60.1 Å². The number of ketones is 1. The maximum atomic E-state index is 12.1. The van der Waals surface area contributed by atoms with E-state index in [0.29, 0.717) is 11.3 Å². The van der Waals surface area contributed by atoms with E-state index in [1.807, 2.05) is 23.6 Å². The molecular formula is C17H11N3O3S. The molecule has 3 aromatic rings. The number of hydrogen-bond acceptors (Lipinski definition) is 6. The van der Waals surface area contributed by atoms with Crippen molar-refractivity contribution in [3.63, 3.8) is 0 Å². The molecule has 0 unspecified atom stereocenters. The van der Waals surface area contributed by atoms with Gasteiger partial charge in [0.1, 0.15) is 5.01 Å². The third-order valence-corrected chi connectivity index (χ3v) is 4.06. The molecule has 2 aromatic heterocycles. The largest absolute Gasteiger partial charge is 0.289 e. The molecule has 0 spiro atoms. The molecule has 6 nitrogen and oxygen atoms in total. The first-order chi connectivity index (χ1) is 11.6. The Kier molecular flexibility index (Phi) is 4.53.